The molecule has 140 valence electrons. The first-order valence-electron chi connectivity index (χ1n) is 8.30. The fourth-order valence-corrected chi connectivity index (χ4v) is 2.98. The molecule has 0 saturated carbocycles. The third-order valence-corrected chi connectivity index (χ3v) is 4.35. The smallest absolute Gasteiger partial charge is 0.355 e. The summed E-state index contributed by atoms with van der Waals surface area (Å²) in [6, 6.07) is 14.0. The van der Waals surface area contributed by atoms with Gasteiger partial charge in [0, 0.05) is 11.1 Å². The minimum atomic E-state index is -1.18. The molecule has 4 aromatic rings. The topological polar surface area (TPSA) is 108 Å². The molecule has 28 heavy (non-hydrogen) atoms. The zero-order chi connectivity index (χ0) is 19.7. The normalized spacial score (nSPS) is 10.8. The van der Waals surface area contributed by atoms with Crippen molar-refractivity contribution in [3.8, 4) is 33.9 Å². The predicted molar refractivity (Wildman–Crippen MR) is 101 cm³/mol. The van der Waals surface area contributed by atoms with Crippen molar-refractivity contribution in [1.82, 2.24) is 15.3 Å². The Balaban J connectivity index is 1.97. The molecular weight excluding hydrogens is 362 g/mol. The zero-order valence-electron chi connectivity index (χ0n) is 15.0. The van der Waals surface area contributed by atoms with Crippen molar-refractivity contribution in [1.29, 1.82) is 0 Å². The van der Waals surface area contributed by atoms with Crippen LogP contribution in [0.3, 0.4) is 0 Å². The lowest BCUT2D eigenvalue weighted by Crippen LogP contribution is -2.06. The van der Waals surface area contributed by atoms with E-state index in [0.717, 1.165) is 0 Å². The maximum atomic E-state index is 12.0. The average molecular weight is 377 g/mol. The van der Waals surface area contributed by atoms with E-state index in [0.29, 0.717) is 44.9 Å². The summed E-state index contributed by atoms with van der Waals surface area (Å²) in [5, 5.41) is 17.7. The van der Waals surface area contributed by atoms with Gasteiger partial charge in [-0.2, -0.15) is 0 Å². The number of carboxylic acids is 1. The Hall–Kier alpha value is -3.94. The number of methoxy groups -OCH3 is 2. The van der Waals surface area contributed by atoms with Gasteiger partial charge in [-0.25, -0.2) is 14.4 Å². The molecule has 8 nitrogen and oxygen atoms in total. The van der Waals surface area contributed by atoms with Gasteiger partial charge in [-0.3, -0.25) is 0 Å². The van der Waals surface area contributed by atoms with Gasteiger partial charge in [0.15, 0.2) is 11.2 Å². The van der Waals surface area contributed by atoms with Gasteiger partial charge in [-0.05, 0) is 52.3 Å². The highest BCUT2D eigenvalue weighted by atomic mass is 16.6. The van der Waals surface area contributed by atoms with Crippen LogP contribution in [0.25, 0.3) is 33.4 Å². The van der Waals surface area contributed by atoms with Crippen molar-refractivity contribution in [2.75, 3.05) is 14.2 Å². The van der Waals surface area contributed by atoms with Crippen LogP contribution in [0.15, 0.2) is 53.2 Å². The van der Waals surface area contributed by atoms with Crippen LogP contribution in [-0.4, -0.2) is 40.6 Å². The molecule has 0 amide bonds. The number of rotatable bonds is 5. The molecule has 1 N–H and O–H groups in total. The monoisotopic (exact) mass is 377 g/mol. The van der Waals surface area contributed by atoms with Crippen molar-refractivity contribution < 1.29 is 24.0 Å². The van der Waals surface area contributed by atoms with E-state index in [1.165, 1.54) is 0 Å². The van der Waals surface area contributed by atoms with E-state index >= 15 is 0 Å². The van der Waals surface area contributed by atoms with E-state index in [9.17, 15) is 9.90 Å². The van der Waals surface area contributed by atoms with Crippen molar-refractivity contribution in [3.63, 3.8) is 0 Å². The highest BCUT2D eigenvalue weighted by Crippen LogP contribution is 2.35. The van der Waals surface area contributed by atoms with Gasteiger partial charge in [-0.1, -0.05) is 12.1 Å². The van der Waals surface area contributed by atoms with E-state index < -0.39 is 5.97 Å². The van der Waals surface area contributed by atoms with E-state index in [-0.39, 0.29) is 5.69 Å². The highest BCUT2D eigenvalue weighted by molar-refractivity contribution is 6.07. The molecule has 0 aliphatic carbocycles. The lowest BCUT2D eigenvalue weighted by Gasteiger charge is -2.10. The third kappa shape index (κ3) is 2.90. The van der Waals surface area contributed by atoms with Gasteiger partial charge >= 0.3 is 5.97 Å². The molecule has 0 aliphatic heterocycles. The molecule has 0 radical (unpaired) electrons. The molecular formula is C20H15N3O5. The number of pyridine rings is 1. The van der Waals surface area contributed by atoms with Gasteiger partial charge in [-0.15, -0.1) is 0 Å². The SMILES string of the molecule is COc1ccc(-c2nc(C(=O)O)c(-c3ccc(OC)cc3)c3nonc23)cc1. The number of aromatic nitrogens is 3. The molecule has 0 bridgehead atoms. The summed E-state index contributed by atoms with van der Waals surface area (Å²) in [5.41, 5.74) is 2.55. The number of carboxylic acid groups (broad SMARTS) is 1. The van der Waals surface area contributed by atoms with E-state index in [1.54, 1.807) is 62.8 Å². The number of benzene rings is 2. The lowest BCUT2D eigenvalue weighted by molar-refractivity contribution is 0.0691. The number of hydrogen-bond donors (Lipinski definition) is 1. The molecule has 0 saturated heterocycles. The van der Waals surface area contributed by atoms with E-state index in [2.05, 4.69) is 15.3 Å². The van der Waals surface area contributed by atoms with E-state index in [4.69, 9.17) is 14.1 Å². The maximum Gasteiger partial charge on any atom is 0.355 e. The summed E-state index contributed by atoms with van der Waals surface area (Å²) in [7, 11) is 3.13. The number of ether oxygens (including phenoxy) is 2. The number of carbonyl (C=O) groups is 1. The van der Waals surface area contributed by atoms with Crippen LogP contribution in [0.1, 0.15) is 10.5 Å². The molecule has 0 unspecified atom stereocenters. The van der Waals surface area contributed by atoms with Gasteiger partial charge in [0.05, 0.1) is 14.2 Å². The van der Waals surface area contributed by atoms with Gasteiger partial charge in [0.25, 0.3) is 0 Å². The standard InChI is InChI=1S/C20H15N3O5/c1-26-13-7-3-11(4-8-13)15-17-19(23-28-22-17)16(21-18(15)20(24)25)12-5-9-14(27-2)10-6-12/h3-10H,1-2H3,(H,24,25). The number of aromatic carboxylic acids is 1. The summed E-state index contributed by atoms with van der Waals surface area (Å²) in [6.45, 7) is 0. The Morgan fingerprint density at radius 3 is 1.93 bits per heavy atom. The summed E-state index contributed by atoms with van der Waals surface area (Å²) in [5.74, 6) is 0.148. The second-order valence-electron chi connectivity index (χ2n) is 5.91. The zero-order valence-corrected chi connectivity index (χ0v) is 15.0. The molecule has 0 atom stereocenters. The van der Waals surface area contributed by atoms with Crippen LogP contribution in [0.2, 0.25) is 0 Å². The minimum absolute atomic E-state index is 0.140. The molecule has 0 spiro atoms. The quantitative estimate of drug-likeness (QED) is 0.561. The lowest BCUT2D eigenvalue weighted by atomic mass is 9.99. The first-order valence-corrected chi connectivity index (χ1v) is 8.30. The van der Waals surface area contributed by atoms with Crippen molar-refractivity contribution in [2.24, 2.45) is 0 Å². The van der Waals surface area contributed by atoms with Crippen molar-refractivity contribution in [3.05, 3.63) is 54.2 Å². The molecule has 2 heterocycles. The first kappa shape index (κ1) is 17.5. The van der Waals surface area contributed by atoms with Crippen LogP contribution < -0.4 is 9.47 Å². The fraction of sp³-hybridized carbons (Fsp3) is 0.100. The molecule has 2 aromatic carbocycles. The van der Waals surface area contributed by atoms with Crippen LogP contribution in [0.5, 0.6) is 11.5 Å². The fourth-order valence-electron chi connectivity index (χ4n) is 2.98. The van der Waals surface area contributed by atoms with Crippen LogP contribution in [0, 0.1) is 0 Å². The molecule has 8 heteroatoms. The van der Waals surface area contributed by atoms with Crippen LogP contribution >= 0.6 is 0 Å². The summed E-state index contributed by atoms with van der Waals surface area (Å²) in [4.78, 5) is 16.4. The average Bonchev–Trinajstić information content (AvgIpc) is 3.22. The van der Waals surface area contributed by atoms with Gasteiger partial charge in [0.1, 0.15) is 22.7 Å². The largest absolute Gasteiger partial charge is 0.497 e. The molecule has 4 rings (SSSR count). The second-order valence-corrected chi connectivity index (χ2v) is 5.91. The Labute approximate surface area is 159 Å². The summed E-state index contributed by atoms with van der Waals surface area (Å²) < 4.78 is 15.3. The van der Waals surface area contributed by atoms with Crippen molar-refractivity contribution >= 4 is 17.0 Å². The van der Waals surface area contributed by atoms with Crippen LogP contribution in [0.4, 0.5) is 0 Å². The molecule has 2 aromatic heterocycles. The minimum Gasteiger partial charge on any atom is -0.497 e. The second kappa shape index (κ2) is 6.99. The Kier molecular flexibility index (Phi) is 4.36. The first-order chi connectivity index (χ1) is 13.6. The summed E-state index contributed by atoms with van der Waals surface area (Å²) >= 11 is 0. The Bertz CT molecular complexity index is 1150. The summed E-state index contributed by atoms with van der Waals surface area (Å²) in [6.07, 6.45) is 0. The maximum absolute atomic E-state index is 12.0. The van der Waals surface area contributed by atoms with Crippen LogP contribution in [-0.2, 0) is 0 Å². The van der Waals surface area contributed by atoms with Crippen molar-refractivity contribution in [2.45, 2.75) is 0 Å². The third-order valence-electron chi connectivity index (χ3n) is 4.35. The number of hydrogen-bond acceptors (Lipinski definition) is 7. The van der Waals surface area contributed by atoms with Gasteiger partial charge in [0.2, 0.25) is 0 Å². The Morgan fingerprint density at radius 2 is 1.39 bits per heavy atom. The molecule has 0 aliphatic rings. The Morgan fingerprint density at radius 1 is 0.857 bits per heavy atom. The number of fused-ring (bicyclic) bond motifs is 1. The van der Waals surface area contributed by atoms with E-state index in [1.807, 2.05) is 0 Å². The molecule has 0 fully saturated rings. The predicted octanol–water partition coefficient (Wildman–Crippen LogP) is 3.67. The highest BCUT2D eigenvalue weighted by Gasteiger charge is 2.24. The number of nitrogens with zero attached hydrogens (tertiary/aromatic N) is 3. The van der Waals surface area contributed by atoms with Gasteiger partial charge < -0.3 is 14.6 Å².